The third kappa shape index (κ3) is 3.77. The fraction of sp³-hybridized carbons (Fsp3) is 0.625. The summed E-state index contributed by atoms with van der Waals surface area (Å²) in [6.07, 6.45) is 6.32. The molecule has 1 aromatic rings. The first kappa shape index (κ1) is 14.9. The van der Waals surface area contributed by atoms with Crippen LogP contribution in [-0.4, -0.2) is 27.3 Å². The van der Waals surface area contributed by atoms with Gasteiger partial charge in [-0.05, 0) is 74.7 Å². The summed E-state index contributed by atoms with van der Waals surface area (Å²) in [6, 6.07) is 6.00. The van der Waals surface area contributed by atoms with Crippen LogP contribution in [0.4, 0.5) is 5.69 Å². The Morgan fingerprint density at radius 3 is 2.71 bits per heavy atom. The minimum Gasteiger partial charge on any atom is -0.317 e. The van der Waals surface area contributed by atoms with Gasteiger partial charge in [-0.15, -0.1) is 0 Å². The summed E-state index contributed by atoms with van der Waals surface area (Å²) in [4.78, 5) is 0. The zero-order valence-electron chi connectivity index (χ0n) is 12.4. The summed E-state index contributed by atoms with van der Waals surface area (Å²) in [6.45, 7) is 1.86. The normalized spacial score (nSPS) is 20.0. The standard InChI is InChI=1S/C16H24N2O2S/c19-21(20,12-13-8-10-17-11-9-13)18-16-7-3-5-14-4-1-2-6-15(14)16/h3,5,7,13,17-18H,1-2,4,6,8-12H2. The van der Waals surface area contributed by atoms with Gasteiger partial charge in [-0.3, -0.25) is 4.72 Å². The van der Waals surface area contributed by atoms with Crippen LogP contribution in [0.15, 0.2) is 18.2 Å². The number of fused-ring (bicyclic) bond motifs is 1. The number of piperidine rings is 1. The van der Waals surface area contributed by atoms with Crippen LogP contribution in [0.2, 0.25) is 0 Å². The molecule has 0 aromatic heterocycles. The Labute approximate surface area is 127 Å². The number of sulfonamides is 1. The number of hydrogen-bond donors (Lipinski definition) is 2. The number of aryl methyl sites for hydroxylation is 1. The lowest BCUT2D eigenvalue weighted by Crippen LogP contribution is -2.33. The van der Waals surface area contributed by atoms with E-state index in [1.807, 2.05) is 12.1 Å². The zero-order chi connectivity index (χ0) is 14.7. The van der Waals surface area contributed by atoms with E-state index in [-0.39, 0.29) is 11.7 Å². The highest BCUT2D eigenvalue weighted by atomic mass is 32.2. The summed E-state index contributed by atoms with van der Waals surface area (Å²) < 4.78 is 27.7. The molecule has 5 heteroatoms. The van der Waals surface area contributed by atoms with E-state index in [0.29, 0.717) is 0 Å². The Hall–Kier alpha value is -1.07. The van der Waals surface area contributed by atoms with Crippen LogP contribution < -0.4 is 10.0 Å². The predicted molar refractivity (Wildman–Crippen MR) is 86.1 cm³/mol. The minimum absolute atomic E-state index is 0.248. The summed E-state index contributed by atoms with van der Waals surface area (Å²) >= 11 is 0. The first-order chi connectivity index (χ1) is 10.1. The van der Waals surface area contributed by atoms with Crippen molar-refractivity contribution < 1.29 is 8.42 Å². The van der Waals surface area contributed by atoms with E-state index in [9.17, 15) is 8.42 Å². The number of anilines is 1. The third-order valence-corrected chi connectivity index (χ3v) is 6.02. The van der Waals surface area contributed by atoms with Gasteiger partial charge in [-0.2, -0.15) is 0 Å². The van der Waals surface area contributed by atoms with Gasteiger partial charge in [0, 0.05) is 0 Å². The second kappa shape index (κ2) is 6.36. The second-order valence-electron chi connectivity index (χ2n) is 6.23. The highest BCUT2D eigenvalue weighted by Crippen LogP contribution is 2.29. The molecule has 4 nitrogen and oxygen atoms in total. The Morgan fingerprint density at radius 1 is 1.14 bits per heavy atom. The van der Waals surface area contributed by atoms with Crippen LogP contribution in [0, 0.1) is 5.92 Å². The molecule has 1 aliphatic carbocycles. The van der Waals surface area contributed by atoms with Gasteiger partial charge in [-0.25, -0.2) is 8.42 Å². The maximum Gasteiger partial charge on any atom is 0.233 e. The molecule has 0 unspecified atom stereocenters. The Balaban J connectivity index is 1.73. The monoisotopic (exact) mass is 308 g/mol. The number of rotatable bonds is 4. The van der Waals surface area contributed by atoms with E-state index in [1.165, 1.54) is 17.5 Å². The lowest BCUT2D eigenvalue weighted by atomic mass is 9.91. The second-order valence-corrected chi connectivity index (χ2v) is 7.99. The van der Waals surface area contributed by atoms with Gasteiger partial charge in [0.25, 0.3) is 0 Å². The van der Waals surface area contributed by atoms with Gasteiger partial charge >= 0.3 is 0 Å². The van der Waals surface area contributed by atoms with Crippen molar-refractivity contribution in [3.63, 3.8) is 0 Å². The molecule has 1 fully saturated rings. The first-order valence-electron chi connectivity index (χ1n) is 7.96. The topological polar surface area (TPSA) is 58.2 Å². The van der Waals surface area contributed by atoms with E-state index in [1.54, 1.807) is 0 Å². The molecule has 0 saturated carbocycles. The van der Waals surface area contributed by atoms with Gasteiger partial charge in [0.2, 0.25) is 10.0 Å². The molecule has 3 rings (SSSR count). The molecule has 0 amide bonds. The molecule has 1 aliphatic heterocycles. The van der Waals surface area contributed by atoms with Crippen molar-refractivity contribution >= 4 is 15.7 Å². The van der Waals surface area contributed by atoms with Gasteiger partial charge in [0.15, 0.2) is 0 Å². The van der Waals surface area contributed by atoms with E-state index >= 15 is 0 Å². The Kier molecular flexibility index (Phi) is 4.50. The number of benzene rings is 1. The van der Waals surface area contributed by atoms with Crippen LogP contribution in [0.1, 0.15) is 36.8 Å². The van der Waals surface area contributed by atoms with Crippen molar-refractivity contribution in [2.45, 2.75) is 38.5 Å². The fourth-order valence-corrected chi connectivity index (χ4v) is 5.01. The molecular weight excluding hydrogens is 284 g/mol. The van der Waals surface area contributed by atoms with Crippen LogP contribution in [-0.2, 0) is 22.9 Å². The van der Waals surface area contributed by atoms with Crippen molar-refractivity contribution in [2.75, 3.05) is 23.6 Å². The van der Waals surface area contributed by atoms with E-state index < -0.39 is 10.0 Å². The molecule has 1 saturated heterocycles. The third-order valence-electron chi connectivity index (χ3n) is 4.58. The largest absolute Gasteiger partial charge is 0.317 e. The van der Waals surface area contributed by atoms with Gasteiger partial charge in [0.05, 0.1) is 11.4 Å². The molecular formula is C16H24N2O2S. The SMILES string of the molecule is O=S(=O)(CC1CCNCC1)Nc1cccc2c1CCCC2. The smallest absolute Gasteiger partial charge is 0.233 e. The average molecular weight is 308 g/mol. The summed E-state index contributed by atoms with van der Waals surface area (Å²) in [5.74, 6) is 0.529. The maximum absolute atomic E-state index is 12.4. The predicted octanol–water partition coefficient (Wildman–Crippen LogP) is 2.31. The van der Waals surface area contributed by atoms with Crippen molar-refractivity contribution in [1.29, 1.82) is 0 Å². The number of nitrogens with one attached hydrogen (secondary N) is 2. The molecule has 0 spiro atoms. The summed E-state index contributed by atoms with van der Waals surface area (Å²) in [7, 11) is -3.25. The Morgan fingerprint density at radius 2 is 1.90 bits per heavy atom. The molecule has 1 aromatic carbocycles. The molecule has 21 heavy (non-hydrogen) atoms. The van der Waals surface area contributed by atoms with Crippen LogP contribution in [0.3, 0.4) is 0 Å². The van der Waals surface area contributed by atoms with Crippen LogP contribution >= 0.6 is 0 Å². The molecule has 116 valence electrons. The fourth-order valence-electron chi connectivity index (χ4n) is 3.44. The molecule has 1 heterocycles. The highest BCUT2D eigenvalue weighted by molar-refractivity contribution is 7.92. The Bertz CT molecular complexity index is 592. The van der Waals surface area contributed by atoms with Gasteiger partial charge in [0.1, 0.15) is 0 Å². The van der Waals surface area contributed by atoms with Gasteiger partial charge in [-0.1, -0.05) is 12.1 Å². The molecule has 0 bridgehead atoms. The van der Waals surface area contributed by atoms with E-state index in [2.05, 4.69) is 16.1 Å². The molecule has 0 radical (unpaired) electrons. The molecule has 2 N–H and O–H groups in total. The number of hydrogen-bond acceptors (Lipinski definition) is 3. The molecule has 0 atom stereocenters. The van der Waals surface area contributed by atoms with E-state index in [4.69, 9.17) is 0 Å². The highest BCUT2D eigenvalue weighted by Gasteiger charge is 2.22. The van der Waals surface area contributed by atoms with Crippen LogP contribution in [0.5, 0.6) is 0 Å². The van der Waals surface area contributed by atoms with Crippen molar-refractivity contribution in [2.24, 2.45) is 5.92 Å². The first-order valence-corrected chi connectivity index (χ1v) is 9.61. The van der Waals surface area contributed by atoms with Crippen molar-refractivity contribution in [3.8, 4) is 0 Å². The lowest BCUT2D eigenvalue weighted by Gasteiger charge is -2.24. The van der Waals surface area contributed by atoms with Crippen molar-refractivity contribution in [1.82, 2.24) is 5.32 Å². The average Bonchev–Trinajstić information content (AvgIpc) is 2.48. The summed E-state index contributed by atoms with van der Waals surface area (Å²) in [5.41, 5.74) is 3.32. The lowest BCUT2D eigenvalue weighted by molar-refractivity contribution is 0.402. The maximum atomic E-state index is 12.4. The molecule has 2 aliphatic rings. The van der Waals surface area contributed by atoms with Crippen LogP contribution in [0.25, 0.3) is 0 Å². The summed E-state index contributed by atoms with van der Waals surface area (Å²) in [5, 5.41) is 3.28. The zero-order valence-corrected chi connectivity index (χ0v) is 13.2. The van der Waals surface area contributed by atoms with E-state index in [0.717, 1.165) is 50.9 Å². The van der Waals surface area contributed by atoms with Gasteiger partial charge < -0.3 is 5.32 Å². The van der Waals surface area contributed by atoms with Crippen molar-refractivity contribution in [3.05, 3.63) is 29.3 Å². The minimum atomic E-state index is -3.25. The quantitative estimate of drug-likeness (QED) is 0.897.